The number of rotatable bonds is 5. The van der Waals surface area contributed by atoms with Crippen molar-refractivity contribution in [2.45, 2.75) is 46.1 Å². The van der Waals surface area contributed by atoms with Gasteiger partial charge in [0.2, 0.25) is 0 Å². The van der Waals surface area contributed by atoms with Crippen LogP contribution < -0.4 is 5.43 Å². The van der Waals surface area contributed by atoms with Crippen molar-refractivity contribution in [1.82, 2.24) is 20.4 Å². The Morgan fingerprint density at radius 1 is 1.03 bits per heavy atom. The van der Waals surface area contributed by atoms with E-state index in [4.69, 9.17) is 11.6 Å². The molecule has 31 heavy (non-hydrogen) atoms. The van der Waals surface area contributed by atoms with Crippen LogP contribution in [0.3, 0.4) is 0 Å². The van der Waals surface area contributed by atoms with Gasteiger partial charge in [-0.05, 0) is 49.7 Å². The van der Waals surface area contributed by atoms with E-state index in [-0.39, 0.29) is 17.4 Å². The molecule has 1 amide bonds. The fourth-order valence-corrected chi connectivity index (χ4v) is 3.58. The van der Waals surface area contributed by atoms with Crippen molar-refractivity contribution >= 4 is 17.5 Å². The molecule has 1 aromatic carbocycles. The van der Waals surface area contributed by atoms with E-state index in [1.165, 1.54) is 5.01 Å². The summed E-state index contributed by atoms with van der Waals surface area (Å²) in [5.74, 6) is -0.138. The van der Waals surface area contributed by atoms with Gasteiger partial charge < -0.3 is 0 Å². The highest BCUT2D eigenvalue weighted by Crippen LogP contribution is 2.32. The average Bonchev–Trinajstić information content (AvgIpc) is 2.72. The van der Waals surface area contributed by atoms with Gasteiger partial charge in [-0.3, -0.25) is 19.8 Å². The maximum Gasteiger partial charge on any atom is 0.267 e. The lowest BCUT2D eigenvalue weighted by Crippen LogP contribution is -2.43. The number of nitrogens with one attached hydrogen (secondary N) is 1. The van der Waals surface area contributed by atoms with Crippen molar-refractivity contribution in [2.75, 3.05) is 7.05 Å². The molecule has 3 aromatic rings. The van der Waals surface area contributed by atoms with Crippen molar-refractivity contribution in [1.29, 1.82) is 0 Å². The van der Waals surface area contributed by atoms with Crippen molar-refractivity contribution in [2.24, 2.45) is 0 Å². The highest BCUT2D eigenvalue weighted by atomic mass is 35.5. The molecule has 2 aromatic heterocycles. The van der Waals surface area contributed by atoms with E-state index in [1.807, 2.05) is 38.4 Å². The lowest BCUT2D eigenvalue weighted by Gasteiger charge is -2.21. The maximum absolute atomic E-state index is 12.6. The van der Waals surface area contributed by atoms with Crippen LogP contribution in [0.4, 0.5) is 0 Å². The Morgan fingerprint density at radius 2 is 1.74 bits per heavy atom. The summed E-state index contributed by atoms with van der Waals surface area (Å²) < 4.78 is 0. The molecule has 0 aliphatic carbocycles. The fourth-order valence-electron chi connectivity index (χ4n) is 3.29. The quantitative estimate of drug-likeness (QED) is 0.517. The first kappa shape index (κ1) is 22.9. The van der Waals surface area contributed by atoms with Crippen LogP contribution in [0.15, 0.2) is 55.0 Å². The van der Waals surface area contributed by atoms with Crippen molar-refractivity contribution in [3.8, 4) is 22.3 Å². The number of halogens is 1. The Labute approximate surface area is 189 Å². The number of carbonyl (C=O) groups is 1. The number of hydrogen-bond donors (Lipinski definition) is 1. The number of carbonyl (C=O) groups excluding carboxylic acids is 1. The van der Waals surface area contributed by atoms with Gasteiger partial charge in [0.25, 0.3) is 5.91 Å². The molecule has 2 heterocycles. The van der Waals surface area contributed by atoms with Crippen LogP contribution in [0.1, 0.15) is 50.7 Å². The number of amides is 1. The van der Waals surface area contributed by atoms with Crippen LogP contribution in [-0.2, 0) is 5.41 Å². The highest BCUT2D eigenvalue weighted by molar-refractivity contribution is 6.33. The molecule has 0 fully saturated rings. The van der Waals surface area contributed by atoms with Gasteiger partial charge >= 0.3 is 0 Å². The molecular weight excluding hydrogens is 408 g/mol. The van der Waals surface area contributed by atoms with Crippen molar-refractivity contribution < 1.29 is 4.79 Å². The maximum atomic E-state index is 12.6. The van der Waals surface area contributed by atoms with Crippen LogP contribution in [0.5, 0.6) is 0 Å². The van der Waals surface area contributed by atoms with E-state index in [9.17, 15) is 4.79 Å². The number of nitrogens with zero attached hydrogens (tertiary/aromatic N) is 3. The molecule has 5 nitrogen and oxygen atoms in total. The fraction of sp³-hybridized carbons (Fsp3) is 0.320. The first-order chi connectivity index (χ1) is 14.6. The van der Waals surface area contributed by atoms with Crippen LogP contribution in [0.25, 0.3) is 22.3 Å². The second kappa shape index (κ2) is 9.16. The summed E-state index contributed by atoms with van der Waals surface area (Å²) in [4.78, 5) is 21.5. The molecule has 0 spiro atoms. The van der Waals surface area contributed by atoms with Gasteiger partial charge in [0.05, 0.1) is 0 Å². The Hall–Kier alpha value is -2.76. The van der Waals surface area contributed by atoms with Crippen molar-refractivity contribution in [3.05, 3.63) is 71.3 Å². The predicted molar refractivity (Wildman–Crippen MR) is 127 cm³/mol. The molecule has 0 aliphatic heterocycles. The number of aromatic nitrogens is 2. The molecule has 0 atom stereocenters. The summed E-state index contributed by atoms with van der Waals surface area (Å²) in [7, 11) is 1.71. The van der Waals surface area contributed by atoms with E-state index in [1.54, 1.807) is 25.4 Å². The minimum absolute atomic E-state index is 0.0374. The van der Waals surface area contributed by atoms with Crippen LogP contribution in [-0.4, -0.2) is 34.0 Å². The zero-order valence-corrected chi connectivity index (χ0v) is 19.7. The molecular formula is C25H29ClN4O. The molecule has 0 radical (unpaired) electrons. The van der Waals surface area contributed by atoms with E-state index in [0.717, 1.165) is 27.9 Å². The molecule has 162 valence electrons. The lowest BCUT2D eigenvalue weighted by molar-refractivity contribution is 0.0694. The molecule has 3 rings (SSSR count). The molecule has 1 N–H and O–H groups in total. The number of hydrogen-bond acceptors (Lipinski definition) is 4. The minimum Gasteiger partial charge on any atom is -0.277 e. The molecule has 6 heteroatoms. The van der Waals surface area contributed by atoms with Gasteiger partial charge in [0.15, 0.2) is 0 Å². The number of benzene rings is 1. The third-order valence-corrected chi connectivity index (χ3v) is 5.20. The average molecular weight is 437 g/mol. The molecule has 0 saturated carbocycles. The lowest BCUT2D eigenvalue weighted by atomic mass is 9.90. The second-order valence-electron chi connectivity index (χ2n) is 8.98. The summed E-state index contributed by atoms with van der Waals surface area (Å²) in [6, 6.07) is 11.7. The Kier molecular flexibility index (Phi) is 6.77. The van der Waals surface area contributed by atoms with Crippen LogP contribution in [0, 0.1) is 0 Å². The van der Waals surface area contributed by atoms with Crippen molar-refractivity contribution in [3.63, 3.8) is 0 Å². The Morgan fingerprint density at radius 3 is 2.39 bits per heavy atom. The summed E-state index contributed by atoms with van der Waals surface area (Å²) >= 11 is 6.57. The predicted octanol–water partition coefficient (Wildman–Crippen LogP) is 5.75. The van der Waals surface area contributed by atoms with Gasteiger partial charge in [0.1, 0.15) is 0 Å². The summed E-state index contributed by atoms with van der Waals surface area (Å²) in [6.07, 6.45) is 5.45. The summed E-state index contributed by atoms with van der Waals surface area (Å²) in [5, 5.41) is 1.99. The van der Waals surface area contributed by atoms with Gasteiger partial charge in [-0.15, -0.1) is 0 Å². The number of hydrazine groups is 1. The smallest absolute Gasteiger partial charge is 0.267 e. The first-order valence-corrected chi connectivity index (χ1v) is 10.7. The van der Waals surface area contributed by atoms with Crippen LogP contribution in [0.2, 0.25) is 5.02 Å². The Balaban J connectivity index is 1.92. The van der Waals surface area contributed by atoms with E-state index >= 15 is 0 Å². The zero-order valence-electron chi connectivity index (χ0n) is 18.9. The minimum atomic E-state index is -0.138. The Bertz CT molecular complexity index is 1090. The monoisotopic (exact) mass is 436 g/mol. The SMILES string of the molecule is CC(C)NN(C)C(=O)c1ccc(-c2cncc(-c3ccnc(C(C)(C)C)c3)c2)c(Cl)c1. The molecule has 0 saturated heterocycles. The van der Waals surface area contributed by atoms with Gasteiger partial charge in [0, 0.05) is 70.1 Å². The second-order valence-corrected chi connectivity index (χ2v) is 9.39. The normalized spacial score (nSPS) is 11.6. The third-order valence-electron chi connectivity index (χ3n) is 4.88. The zero-order chi connectivity index (χ0) is 22.8. The standard InChI is InChI=1S/C25H29ClN4O/c1-16(2)29-30(6)24(31)18-7-8-21(22(26)12-18)20-11-19(14-27-15-20)17-9-10-28-23(13-17)25(3,4)5/h7-16,29H,1-6H3. The van der Waals surface area contributed by atoms with Gasteiger partial charge in [-0.25, -0.2) is 5.43 Å². The molecule has 0 unspecified atom stereocenters. The first-order valence-electron chi connectivity index (χ1n) is 10.3. The highest BCUT2D eigenvalue weighted by Gasteiger charge is 2.17. The van der Waals surface area contributed by atoms with E-state index in [0.29, 0.717) is 10.6 Å². The number of pyridine rings is 2. The largest absolute Gasteiger partial charge is 0.277 e. The summed E-state index contributed by atoms with van der Waals surface area (Å²) in [6.45, 7) is 10.4. The molecule has 0 aliphatic rings. The molecule has 0 bridgehead atoms. The third kappa shape index (κ3) is 5.49. The summed E-state index contributed by atoms with van der Waals surface area (Å²) in [5.41, 5.74) is 8.35. The van der Waals surface area contributed by atoms with E-state index < -0.39 is 0 Å². The van der Waals surface area contributed by atoms with Gasteiger partial charge in [-0.1, -0.05) is 38.4 Å². The topological polar surface area (TPSA) is 58.1 Å². The van der Waals surface area contributed by atoms with E-state index in [2.05, 4.69) is 48.3 Å². The van der Waals surface area contributed by atoms with Crippen LogP contribution >= 0.6 is 11.6 Å². The van der Waals surface area contributed by atoms with Gasteiger partial charge in [-0.2, -0.15) is 0 Å².